The van der Waals surface area contributed by atoms with E-state index in [1.54, 1.807) is 37.8 Å². The molecule has 3 heterocycles. The van der Waals surface area contributed by atoms with Crippen LogP contribution in [0.4, 0.5) is 21.1 Å². The Morgan fingerprint density at radius 3 is 2.42 bits per heavy atom. The quantitative estimate of drug-likeness (QED) is 0.0842. The summed E-state index contributed by atoms with van der Waals surface area (Å²) in [5.74, 6) is 7.62. The number of unbranched alkanes of at least 4 members (excludes halogenated alkanes) is 3. The van der Waals surface area contributed by atoms with Gasteiger partial charge in [0, 0.05) is 48.1 Å². The molecule has 5 amide bonds. The number of carbonyl (C=O) groups excluding carboxylic acids is 4. The van der Waals surface area contributed by atoms with E-state index in [0.717, 1.165) is 90.1 Å². The molecular formula is C50H59N7O5. The van der Waals surface area contributed by atoms with Crippen molar-refractivity contribution in [1.82, 2.24) is 25.3 Å². The average molecular weight is 838 g/mol. The lowest BCUT2D eigenvalue weighted by atomic mass is 9.94. The van der Waals surface area contributed by atoms with E-state index in [2.05, 4.69) is 68.1 Å². The molecule has 0 spiro atoms. The number of amides is 5. The average Bonchev–Trinajstić information content (AvgIpc) is 3.57. The zero-order valence-electron chi connectivity index (χ0n) is 36.9. The molecule has 62 heavy (non-hydrogen) atoms. The number of rotatable bonds is 12. The van der Waals surface area contributed by atoms with Gasteiger partial charge in [-0.1, -0.05) is 73.2 Å². The molecule has 0 bridgehead atoms. The van der Waals surface area contributed by atoms with Crippen molar-refractivity contribution in [3.63, 3.8) is 0 Å². The number of carbonyl (C=O) groups is 4. The molecule has 2 aliphatic rings. The number of anilines is 2. The van der Waals surface area contributed by atoms with Crippen molar-refractivity contribution in [2.24, 2.45) is 13.0 Å². The summed E-state index contributed by atoms with van der Waals surface area (Å²) in [4.78, 5) is 54.3. The fourth-order valence-electron chi connectivity index (χ4n) is 8.58. The zero-order chi connectivity index (χ0) is 44.0. The second-order valence-electron chi connectivity index (χ2n) is 17.7. The summed E-state index contributed by atoms with van der Waals surface area (Å²) in [7, 11) is 1.92. The molecule has 2 aliphatic heterocycles. The molecule has 5 aromatic rings. The number of likely N-dealkylation sites (tertiary alicyclic amines) is 1. The van der Waals surface area contributed by atoms with Crippen LogP contribution in [0.15, 0.2) is 72.8 Å². The van der Waals surface area contributed by atoms with Crippen LogP contribution in [0.1, 0.15) is 111 Å². The number of nitrogens with one attached hydrogen (secondary N) is 3. The number of benzene rings is 4. The van der Waals surface area contributed by atoms with Gasteiger partial charge in [-0.25, -0.2) is 9.59 Å². The summed E-state index contributed by atoms with van der Waals surface area (Å²) in [6.45, 7) is 12.8. The summed E-state index contributed by atoms with van der Waals surface area (Å²) >= 11 is 0. The normalized spacial score (nSPS) is 15.5. The topological polar surface area (TPSA) is 138 Å². The lowest BCUT2D eigenvalue weighted by molar-refractivity contribution is -0.120. The van der Waals surface area contributed by atoms with E-state index in [0.29, 0.717) is 29.5 Å². The van der Waals surface area contributed by atoms with Gasteiger partial charge in [0.05, 0.1) is 11.6 Å². The van der Waals surface area contributed by atoms with Crippen LogP contribution in [0, 0.1) is 24.7 Å². The Morgan fingerprint density at radius 1 is 0.919 bits per heavy atom. The lowest BCUT2D eigenvalue weighted by Crippen LogP contribution is -2.49. The standard InChI is InChI=1S/C50H59N7O5/c1-33-19-23-38(52-49(61)62-50(3,4)5)32-43(33)47(59)51-34(2)39-24-22-36(40-16-10-11-17-41(39)40)21-20-35-25-29-56(30-26-35)28-12-8-7-9-14-37-15-13-18-42-45(37)55(6)54-46(42)57-31-27-44(58)53-48(57)60/h10-11,13,15-19,22-24,32,34-35H,7-9,12,14,25-31H2,1-6H3,(H,51,59)(H,52,61)(H,53,58,60)/t34-/m1/s1. The van der Waals surface area contributed by atoms with Gasteiger partial charge in [-0.05, 0) is 138 Å². The maximum absolute atomic E-state index is 13.6. The van der Waals surface area contributed by atoms with Gasteiger partial charge in [-0.15, -0.1) is 0 Å². The molecule has 2 saturated heterocycles. The summed E-state index contributed by atoms with van der Waals surface area (Å²) in [6.07, 6.45) is 7.37. The number of para-hydroxylation sites is 1. The van der Waals surface area contributed by atoms with Crippen molar-refractivity contribution < 1.29 is 23.9 Å². The Balaban J connectivity index is 0.874. The van der Waals surface area contributed by atoms with E-state index in [1.807, 2.05) is 55.9 Å². The van der Waals surface area contributed by atoms with Crippen molar-refractivity contribution in [2.75, 3.05) is 36.4 Å². The van der Waals surface area contributed by atoms with Gasteiger partial charge in [-0.2, -0.15) is 5.10 Å². The summed E-state index contributed by atoms with van der Waals surface area (Å²) in [6, 6.07) is 23.2. The third kappa shape index (κ3) is 10.6. The fourth-order valence-corrected chi connectivity index (χ4v) is 8.58. The van der Waals surface area contributed by atoms with Crippen LogP contribution in [0.3, 0.4) is 0 Å². The first kappa shape index (κ1) is 43.9. The van der Waals surface area contributed by atoms with Crippen LogP contribution in [0.5, 0.6) is 0 Å². The molecule has 0 unspecified atom stereocenters. The largest absolute Gasteiger partial charge is 0.444 e. The van der Waals surface area contributed by atoms with Crippen LogP contribution < -0.4 is 20.9 Å². The molecule has 3 N–H and O–H groups in total. The third-order valence-corrected chi connectivity index (χ3v) is 11.8. The van der Waals surface area contributed by atoms with E-state index in [4.69, 9.17) is 4.74 Å². The predicted octanol–water partition coefficient (Wildman–Crippen LogP) is 9.19. The zero-order valence-corrected chi connectivity index (χ0v) is 36.9. The maximum atomic E-state index is 13.6. The number of aryl methyl sites for hydroxylation is 3. The molecule has 0 radical (unpaired) electrons. The molecule has 12 nitrogen and oxygen atoms in total. The Hall–Kier alpha value is -6.19. The predicted molar refractivity (Wildman–Crippen MR) is 245 cm³/mol. The molecule has 0 saturated carbocycles. The number of fused-ring (bicyclic) bond motifs is 2. The monoisotopic (exact) mass is 837 g/mol. The van der Waals surface area contributed by atoms with Gasteiger partial charge < -0.3 is 15.0 Å². The number of hydrogen-bond acceptors (Lipinski definition) is 7. The van der Waals surface area contributed by atoms with Gasteiger partial charge in [0.15, 0.2) is 5.82 Å². The van der Waals surface area contributed by atoms with Crippen LogP contribution in [0.25, 0.3) is 21.7 Å². The van der Waals surface area contributed by atoms with E-state index in [9.17, 15) is 19.2 Å². The first-order valence-corrected chi connectivity index (χ1v) is 22.0. The minimum absolute atomic E-state index is 0.222. The number of aromatic nitrogens is 2. The van der Waals surface area contributed by atoms with Gasteiger partial charge in [-0.3, -0.25) is 29.8 Å². The highest BCUT2D eigenvalue weighted by molar-refractivity contribution is 6.09. The number of hydrogen-bond donors (Lipinski definition) is 3. The Bertz CT molecular complexity index is 2540. The lowest BCUT2D eigenvalue weighted by Gasteiger charge is -2.29. The SMILES string of the molecule is Cc1ccc(NC(=O)OC(C)(C)C)cc1C(=O)N[C@H](C)c1ccc(C#CC2CCN(CCCCCCc3cccc4c(N5CCC(=O)NC5=O)nn(C)c34)CC2)c2ccccc12. The summed E-state index contributed by atoms with van der Waals surface area (Å²) in [5.41, 5.74) is 5.43. The Labute approximate surface area is 364 Å². The van der Waals surface area contributed by atoms with Crippen molar-refractivity contribution in [1.29, 1.82) is 0 Å². The first-order chi connectivity index (χ1) is 29.7. The molecule has 2 fully saturated rings. The number of nitrogens with zero attached hydrogens (tertiary/aromatic N) is 4. The van der Waals surface area contributed by atoms with E-state index >= 15 is 0 Å². The number of piperidine rings is 1. The molecule has 7 rings (SSSR count). The molecule has 4 aromatic carbocycles. The summed E-state index contributed by atoms with van der Waals surface area (Å²) in [5, 5.41) is 16.1. The van der Waals surface area contributed by atoms with E-state index in [-0.39, 0.29) is 24.3 Å². The number of urea groups is 1. The van der Waals surface area contributed by atoms with Gasteiger partial charge in [0.2, 0.25) is 5.91 Å². The van der Waals surface area contributed by atoms with Crippen molar-refractivity contribution in [2.45, 2.75) is 97.6 Å². The Kier molecular flexibility index (Phi) is 13.6. The molecule has 1 aromatic heterocycles. The number of imide groups is 1. The van der Waals surface area contributed by atoms with Crippen LogP contribution in [-0.2, 0) is 23.0 Å². The summed E-state index contributed by atoms with van der Waals surface area (Å²) < 4.78 is 7.24. The van der Waals surface area contributed by atoms with Crippen LogP contribution in [-0.4, -0.2) is 70.4 Å². The van der Waals surface area contributed by atoms with Crippen molar-refractivity contribution in [3.05, 3.63) is 101 Å². The minimum atomic E-state index is -0.633. The number of ether oxygens (including phenoxy) is 1. The van der Waals surface area contributed by atoms with E-state index < -0.39 is 17.7 Å². The van der Waals surface area contributed by atoms with Gasteiger partial charge in [0.25, 0.3) is 5.91 Å². The molecule has 1 atom stereocenters. The molecule has 324 valence electrons. The van der Waals surface area contributed by atoms with Gasteiger partial charge in [0.1, 0.15) is 5.60 Å². The van der Waals surface area contributed by atoms with Crippen LogP contribution >= 0.6 is 0 Å². The minimum Gasteiger partial charge on any atom is -0.444 e. The molecular weight excluding hydrogens is 779 g/mol. The highest BCUT2D eigenvalue weighted by Crippen LogP contribution is 2.31. The molecule has 0 aliphatic carbocycles. The van der Waals surface area contributed by atoms with Crippen molar-refractivity contribution in [3.8, 4) is 11.8 Å². The third-order valence-electron chi connectivity index (χ3n) is 11.8. The Morgan fingerprint density at radius 2 is 1.66 bits per heavy atom. The highest BCUT2D eigenvalue weighted by atomic mass is 16.6. The van der Waals surface area contributed by atoms with Gasteiger partial charge >= 0.3 is 12.1 Å². The second-order valence-corrected chi connectivity index (χ2v) is 17.7. The first-order valence-electron chi connectivity index (χ1n) is 22.0. The van der Waals surface area contributed by atoms with Crippen molar-refractivity contribution >= 4 is 57.1 Å². The smallest absolute Gasteiger partial charge is 0.412 e. The molecule has 12 heteroatoms. The van der Waals surface area contributed by atoms with E-state index in [1.165, 1.54) is 18.4 Å². The fraction of sp³-hybridized carbons (Fsp3) is 0.420. The second kappa shape index (κ2) is 19.2. The van der Waals surface area contributed by atoms with Crippen LogP contribution in [0.2, 0.25) is 0 Å². The highest BCUT2D eigenvalue weighted by Gasteiger charge is 2.28. The maximum Gasteiger partial charge on any atom is 0.412 e.